The van der Waals surface area contributed by atoms with E-state index >= 15 is 0 Å². The van der Waals surface area contributed by atoms with E-state index in [9.17, 15) is 0 Å². The number of nitrogens with zero attached hydrogens (tertiary/aromatic N) is 4. The second-order valence-electron chi connectivity index (χ2n) is 4.91. The van der Waals surface area contributed by atoms with Crippen LogP contribution in [0.5, 0.6) is 0 Å². The van der Waals surface area contributed by atoms with Crippen LogP contribution in [-0.2, 0) is 18.3 Å². The normalized spacial score (nSPS) is 20.8. The number of furan rings is 1. The van der Waals surface area contributed by atoms with Crippen LogP contribution in [0, 0.1) is 6.92 Å². The third-order valence-electron chi connectivity index (χ3n) is 3.36. The van der Waals surface area contributed by atoms with Crippen molar-refractivity contribution in [3.63, 3.8) is 0 Å². The SMILES string of the molecule is Cc1ccc(CN2CCO[C@H](c3nncn3C)C2)o1. The highest BCUT2D eigenvalue weighted by molar-refractivity contribution is 5.06. The lowest BCUT2D eigenvalue weighted by Crippen LogP contribution is -2.38. The maximum atomic E-state index is 5.78. The average molecular weight is 262 g/mol. The van der Waals surface area contributed by atoms with Crippen LogP contribution in [0.3, 0.4) is 0 Å². The van der Waals surface area contributed by atoms with Crippen molar-refractivity contribution in [3.05, 3.63) is 35.8 Å². The first kappa shape index (κ1) is 12.4. The topological polar surface area (TPSA) is 56.3 Å². The van der Waals surface area contributed by atoms with Crippen LogP contribution in [0.2, 0.25) is 0 Å². The van der Waals surface area contributed by atoms with Crippen LogP contribution in [0.15, 0.2) is 22.9 Å². The molecule has 1 atom stereocenters. The van der Waals surface area contributed by atoms with Crippen LogP contribution in [0.1, 0.15) is 23.4 Å². The van der Waals surface area contributed by atoms with E-state index in [1.54, 1.807) is 6.33 Å². The zero-order valence-electron chi connectivity index (χ0n) is 11.2. The number of aryl methyl sites for hydroxylation is 2. The van der Waals surface area contributed by atoms with Gasteiger partial charge in [-0.2, -0.15) is 0 Å². The molecule has 0 amide bonds. The van der Waals surface area contributed by atoms with Crippen molar-refractivity contribution in [1.82, 2.24) is 19.7 Å². The molecule has 0 saturated carbocycles. The molecule has 1 aliphatic heterocycles. The van der Waals surface area contributed by atoms with E-state index in [0.29, 0.717) is 6.61 Å². The van der Waals surface area contributed by atoms with Gasteiger partial charge in [-0.1, -0.05) is 0 Å². The summed E-state index contributed by atoms with van der Waals surface area (Å²) in [6.45, 7) is 5.20. The summed E-state index contributed by atoms with van der Waals surface area (Å²) in [5.74, 6) is 2.82. The Bertz CT molecular complexity index is 548. The molecule has 1 saturated heterocycles. The Morgan fingerprint density at radius 2 is 2.32 bits per heavy atom. The van der Waals surface area contributed by atoms with E-state index < -0.39 is 0 Å². The van der Waals surface area contributed by atoms with E-state index in [-0.39, 0.29) is 6.10 Å². The lowest BCUT2D eigenvalue weighted by Gasteiger charge is -2.31. The van der Waals surface area contributed by atoms with Crippen LogP contribution in [0.4, 0.5) is 0 Å². The molecule has 6 heteroatoms. The van der Waals surface area contributed by atoms with E-state index in [4.69, 9.17) is 9.15 Å². The fourth-order valence-electron chi connectivity index (χ4n) is 2.38. The number of aromatic nitrogens is 3. The van der Waals surface area contributed by atoms with Crippen LogP contribution in [0.25, 0.3) is 0 Å². The fraction of sp³-hybridized carbons (Fsp3) is 0.538. The van der Waals surface area contributed by atoms with E-state index in [1.165, 1.54) is 0 Å². The second kappa shape index (κ2) is 5.14. The zero-order valence-corrected chi connectivity index (χ0v) is 11.2. The maximum absolute atomic E-state index is 5.78. The molecule has 1 fully saturated rings. The third kappa shape index (κ3) is 2.69. The third-order valence-corrected chi connectivity index (χ3v) is 3.36. The summed E-state index contributed by atoms with van der Waals surface area (Å²) < 4.78 is 13.3. The number of hydrogen-bond acceptors (Lipinski definition) is 5. The van der Waals surface area contributed by atoms with E-state index in [1.807, 2.05) is 30.7 Å². The van der Waals surface area contributed by atoms with Crippen LogP contribution < -0.4 is 0 Å². The molecule has 0 N–H and O–H groups in total. The first-order chi connectivity index (χ1) is 9.22. The van der Waals surface area contributed by atoms with E-state index in [2.05, 4.69) is 15.1 Å². The van der Waals surface area contributed by atoms with Crippen molar-refractivity contribution >= 4 is 0 Å². The molecule has 2 aromatic rings. The predicted octanol–water partition coefficient (Wildman–Crippen LogP) is 1.29. The molecule has 0 aromatic carbocycles. The molecule has 3 rings (SSSR count). The zero-order chi connectivity index (χ0) is 13.2. The molecule has 19 heavy (non-hydrogen) atoms. The summed E-state index contributed by atoms with van der Waals surface area (Å²) in [4.78, 5) is 2.32. The fourth-order valence-corrected chi connectivity index (χ4v) is 2.38. The minimum Gasteiger partial charge on any atom is -0.465 e. The Morgan fingerprint density at radius 3 is 3.00 bits per heavy atom. The molecule has 3 heterocycles. The van der Waals surface area contributed by atoms with E-state index in [0.717, 1.165) is 37.0 Å². The standard InChI is InChI=1S/C13H18N4O2/c1-10-3-4-11(19-10)7-17-5-6-18-12(8-17)13-15-14-9-16(13)2/h3-4,9,12H,5-8H2,1-2H3/t12-/m0/s1. The molecule has 102 valence electrons. The molecule has 1 aliphatic rings. The number of hydrogen-bond donors (Lipinski definition) is 0. The van der Waals surface area contributed by atoms with Crippen molar-refractivity contribution in [2.24, 2.45) is 7.05 Å². The molecule has 0 spiro atoms. The van der Waals surface area contributed by atoms with Gasteiger partial charge >= 0.3 is 0 Å². The van der Waals surface area contributed by atoms with Crippen LogP contribution in [-0.4, -0.2) is 39.4 Å². The minimum atomic E-state index is -0.0164. The van der Waals surface area contributed by atoms with Gasteiger partial charge in [0.1, 0.15) is 24.0 Å². The molecular weight excluding hydrogens is 244 g/mol. The summed E-state index contributed by atoms with van der Waals surface area (Å²) in [5.41, 5.74) is 0. The molecule has 2 aromatic heterocycles. The summed E-state index contributed by atoms with van der Waals surface area (Å²) in [7, 11) is 1.94. The van der Waals surface area contributed by atoms with Crippen LogP contribution >= 0.6 is 0 Å². The Hall–Kier alpha value is -1.66. The molecular formula is C13H18N4O2. The van der Waals surface area contributed by atoms with Gasteiger partial charge in [0.25, 0.3) is 0 Å². The molecule has 0 aliphatic carbocycles. The lowest BCUT2D eigenvalue weighted by molar-refractivity contribution is -0.0402. The van der Waals surface area contributed by atoms with Gasteiger partial charge in [0.05, 0.1) is 13.2 Å². The average Bonchev–Trinajstić information content (AvgIpc) is 2.99. The van der Waals surface area contributed by atoms with Gasteiger partial charge in [0.2, 0.25) is 0 Å². The first-order valence-corrected chi connectivity index (χ1v) is 6.45. The highest BCUT2D eigenvalue weighted by Crippen LogP contribution is 2.21. The molecule has 0 unspecified atom stereocenters. The van der Waals surface area contributed by atoms with Gasteiger partial charge in [-0.3, -0.25) is 4.90 Å². The summed E-state index contributed by atoms with van der Waals surface area (Å²) in [6.07, 6.45) is 1.69. The van der Waals surface area contributed by atoms with Gasteiger partial charge in [-0.05, 0) is 19.1 Å². The minimum absolute atomic E-state index is 0.0164. The summed E-state index contributed by atoms with van der Waals surface area (Å²) in [6, 6.07) is 4.03. The monoisotopic (exact) mass is 262 g/mol. The van der Waals surface area contributed by atoms with Crippen molar-refractivity contribution in [1.29, 1.82) is 0 Å². The molecule has 6 nitrogen and oxygen atoms in total. The Labute approximate surface area is 112 Å². The number of rotatable bonds is 3. The van der Waals surface area contributed by atoms with Crippen molar-refractivity contribution in [3.8, 4) is 0 Å². The number of morpholine rings is 1. The van der Waals surface area contributed by atoms with Gasteiger partial charge < -0.3 is 13.7 Å². The largest absolute Gasteiger partial charge is 0.465 e. The number of ether oxygens (including phenoxy) is 1. The van der Waals surface area contributed by atoms with Crippen molar-refractivity contribution < 1.29 is 9.15 Å². The van der Waals surface area contributed by atoms with Gasteiger partial charge in [-0.25, -0.2) is 0 Å². The molecule has 0 radical (unpaired) electrons. The van der Waals surface area contributed by atoms with Gasteiger partial charge in [0, 0.05) is 20.1 Å². The first-order valence-electron chi connectivity index (χ1n) is 6.45. The highest BCUT2D eigenvalue weighted by Gasteiger charge is 2.25. The molecule has 0 bridgehead atoms. The summed E-state index contributed by atoms with van der Waals surface area (Å²) >= 11 is 0. The Morgan fingerprint density at radius 1 is 1.42 bits per heavy atom. The smallest absolute Gasteiger partial charge is 0.163 e. The van der Waals surface area contributed by atoms with Gasteiger partial charge in [0.15, 0.2) is 5.82 Å². The highest BCUT2D eigenvalue weighted by atomic mass is 16.5. The quantitative estimate of drug-likeness (QED) is 0.834. The Kier molecular flexibility index (Phi) is 3.35. The van der Waals surface area contributed by atoms with Gasteiger partial charge in [-0.15, -0.1) is 10.2 Å². The lowest BCUT2D eigenvalue weighted by atomic mass is 10.2. The second-order valence-corrected chi connectivity index (χ2v) is 4.91. The Balaban J connectivity index is 1.66. The predicted molar refractivity (Wildman–Crippen MR) is 68.4 cm³/mol. The van der Waals surface area contributed by atoms with Crippen molar-refractivity contribution in [2.75, 3.05) is 19.7 Å². The van der Waals surface area contributed by atoms with Crippen molar-refractivity contribution in [2.45, 2.75) is 19.6 Å². The maximum Gasteiger partial charge on any atom is 0.163 e. The summed E-state index contributed by atoms with van der Waals surface area (Å²) in [5, 5.41) is 8.03.